The lowest BCUT2D eigenvalue weighted by Crippen LogP contribution is -1.92. The van der Waals surface area contributed by atoms with Crippen LogP contribution in [0.15, 0.2) is 24.3 Å². The zero-order valence-corrected chi connectivity index (χ0v) is 11.3. The third-order valence-corrected chi connectivity index (χ3v) is 3.18. The molecule has 0 radical (unpaired) electrons. The molecular weight excluding hydrogens is 222 g/mol. The van der Waals surface area contributed by atoms with Crippen LogP contribution in [0.5, 0.6) is 5.75 Å². The third kappa shape index (κ3) is 5.72. The van der Waals surface area contributed by atoms with Crippen molar-refractivity contribution >= 4 is 0 Å². The van der Waals surface area contributed by atoms with Gasteiger partial charge in [0.15, 0.2) is 0 Å². The first-order valence-electron chi connectivity index (χ1n) is 7.02. The Morgan fingerprint density at radius 3 is 2.39 bits per heavy atom. The van der Waals surface area contributed by atoms with Crippen LogP contribution in [-0.4, -0.2) is 0 Å². The molecule has 0 atom stereocenters. The molecule has 0 aliphatic rings. The fourth-order valence-corrected chi connectivity index (χ4v) is 2.13. The van der Waals surface area contributed by atoms with E-state index in [9.17, 15) is 0 Å². The average molecular weight is 245 g/mol. The van der Waals surface area contributed by atoms with Crippen molar-refractivity contribution in [2.45, 2.75) is 58.3 Å². The van der Waals surface area contributed by atoms with Gasteiger partial charge in [-0.25, -0.2) is 0 Å². The minimum absolute atomic E-state index is 0.714. The van der Waals surface area contributed by atoms with Gasteiger partial charge in [0, 0.05) is 0 Å². The molecule has 0 N–H and O–H groups in total. The number of rotatable bonds is 9. The molecule has 1 aromatic carbocycles. The number of hydrogen-bond donors (Lipinski definition) is 0. The first-order valence-corrected chi connectivity index (χ1v) is 7.02. The molecular formula is C16H23NO. The lowest BCUT2D eigenvalue weighted by atomic mass is 10.0. The summed E-state index contributed by atoms with van der Waals surface area (Å²) in [7, 11) is 0. The van der Waals surface area contributed by atoms with E-state index in [1.807, 2.05) is 24.3 Å². The van der Waals surface area contributed by atoms with E-state index in [4.69, 9.17) is 10.00 Å². The SMILES string of the molecule is CCCCCCCCCc1ccccc1OC#N. The normalized spacial score (nSPS) is 10.0. The highest BCUT2D eigenvalue weighted by Crippen LogP contribution is 2.20. The van der Waals surface area contributed by atoms with Crippen molar-refractivity contribution in [3.8, 4) is 12.0 Å². The second-order valence-electron chi connectivity index (χ2n) is 4.67. The summed E-state index contributed by atoms with van der Waals surface area (Å²) in [6.45, 7) is 2.24. The lowest BCUT2D eigenvalue weighted by Gasteiger charge is -2.06. The van der Waals surface area contributed by atoms with Crippen molar-refractivity contribution in [2.75, 3.05) is 0 Å². The molecule has 0 heterocycles. The van der Waals surface area contributed by atoms with Crippen LogP contribution < -0.4 is 4.74 Å². The van der Waals surface area contributed by atoms with E-state index in [-0.39, 0.29) is 0 Å². The van der Waals surface area contributed by atoms with Crippen LogP contribution in [-0.2, 0) is 6.42 Å². The maximum Gasteiger partial charge on any atom is 0.292 e. The Balaban J connectivity index is 2.21. The molecule has 0 unspecified atom stereocenters. The van der Waals surface area contributed by atoms with Crippen LogP contribution in [0.4, 0.5) is 0 Å². The van der Waals surface area contributed by atoms with Crippen LogP contribution in [0.1, 0.15) is 57.4 Å². The summed E-state index contributed by atoms with van der Waals surface area (Å²) in [5, 5.41) is 8.56. The van der Waals surface area contributed by atoms with Gasteiger partial charge in [-0.05, 0) is 24.5 Å². The predicted molar refractivity (Wildman–Crippen MR) is 74.4 cm³/mol. The standard InChI is InChI=1S/C16H23NO/c1-2-3-4-5-6-7-8-11-15-12-9-10-13-16(15)18-14-17/h9-10,12-13H,2-8,11H2,1H3. The van der Waals surface area contributed by atoms with Crippen molar-refractivity contribution in [1.82, 2.24) is 0 Å². The molecule has 0 aliphatic heterocycles. The van der Waals surface area contributed by atoms with Gasteiger partial charge in [-0.1, -0.05) is 63.6 Å². The maximum atomic E-state index is 8.56. The van der Waals surface area contributed by atoms with E-state index >= 15 is 0 Å². The summed E-state index contributed by atoms with van der Waals surface area (Å²) < 4.78 is 4.95. The Bertz CT molecular complexity index is 368. The number of nitriles is 1. The van der Waals surface area contributed by atoms with E-state index < -0.39 is 0 Å². The number of ether oxygens (including phenoxy) is 1. The molecule has 0 spiro atoms. The summed E-state index contributed by atoms with van der Waals surface area (Å²) in [6.07, 6.45) is 11.9. The van der Waals surface area contributed by atoms with Crippen molar-refractivity contribution in [3.63, 3.8) is 0 Å². The number of unbranched alkanes of at least 4 members (excludes halogenated alkanes) is 6. The average Bonchev–Trinajstić information content (AvgIpc) is 2.40. The largest absolute Gasteiger partial charge is 0.388 e. The van der Waals surface area contributed by atoms with E-state index in [1.54, 1.807) is 6.26 Å². The second-order valence-corrected chi connectivity index (χ2v) is 4.67. The first-order chi connectivity index (χ1) is 8.88. The number of hydrogen-bond acceptors (Lipinski definition) is 2. The van der Waals surface area contributed by atoms with Crippen molar-refractivity contribution in [2.24, 2.45) is 0 Å². The van der Waals surface area contributed by atoms with Gasteiger partial charge in [0.25, 0.3) is 6.26 Å². The fraction of sp³-hybridized carbons (Fsp3) is 0.562. The van der Waals surface area contributed by atoms with Gasteiger partial charge < -0.3 is 4.74 Å². The molecule has 0 aromatic heterocycles. The molecule has 1 aromatic rings. The summed E-state index contributed by atoms with van der Waals surface area (Å²) in [5.74, 6) is 0.714. The van der Waals surface area contributed by atoms with E-state index in [0.717, 1.165) is 12.0 Å². The van der Waals surface area contributed by atoms with Gasteiger partial charge in [-0.3, -0.25) is 0 Å². The highest BCUT2D eigenvalue weighted by Gasteiger charge is 2.02. The fourth-order valence-electron chi connectivity index (χ4n) is 2.13. The molecule has 2 nitrogen and oxygen atoms in total. The molecule has 0 bridgehead atoms. The van der Waals surface area contributed by atoms with Gasteiger partial charge in [0.1, 0.15) is 5.75 Å². The van der Waals surface area contributed by atoms with E-state index in [0.29, 0.717) is 5.75 Å². The summed E-state index contributed by atoms with van der Waals surface area (Å²) in [6, 6.07) is 7.81. The Morgan fingerprint density at radius 1 is 1.00 bits per heavy atom. The highest BCUT2D eigenvalue weighted by molar-refractivity contribution is 5.34. The zero-order valence-electron chi connectivity index (χ0n) is 11.3. The molecule has 2 heteroatoms. The van der Waals surface area contributed by atoms with Gasteiger partial charge in [0.2, 0.25) is 0 Å². The van der Waals surface area contributed by atoms with Gasteiger partial charge in [-0.15, -0.1) is 5.26 Å². The quantitative estimate of drug-likeness (QED) is 0.460. The summed E-state index contributed by atoms with van der Waals surface area (Å²) in [5.41, 5.74) is 1.15. The molecule has 0 aliphatic carbocycles. The molecule has 98 valence electrons. The predicted octanol–water partition coefficient (Wildman–Crippen LogP) is 4.84. The molecule has 18 heavy (non-hydrogen) atoms. The summed E-state index contributed by atoms with van der Waals surface area (Å²) >= 11 is 0. The van der Waals surface area contributed by atoms with Crippen LogP contribution >= 0.6 is 0 Å². The van der Waals surface area contributed by atoms with Gasteiger partial charge >= 0.3 is 0 Å². The summed E-state index contributed by atoms with van der Waals surface area (Å²) in [4.78, 5) is 0. The topological polar surface area (TPSA) is 33.0 Å². The van der Waals surface area contributed by atoms with Gasteiger partial charge in [0.05, 0.1) is 0 Å². The Labute approximate surface area is 111 Å². The van der Waals surface area contributed by atoms with Crippen LogP contribution in [0.2, 0.25) is 0 Å². The lowest BCUT2D eigenvalue weighted by molar-refractivity contribution is 0.497. The number of nitrogens with zero attached hydrogens (tertiary/aromatic N) is 1. The number of aryl methyl sites for hydroxylation is 1. The van der Waals surface area contributed by atoms with Crippen LogP contribution in [0, 0.1) is 11.5 Å². The zero-order chi connectivity index (χ0) is 13.1. The Kier molecular flexibility index (Phi) is 7.72. The molecule has 0 saturated heterocycles. The van der Waals surface area contributed by atoms with Gasteiger partial charge in [-0.2, -0.15) is 0 Å². The molecule has 0 fully saturated rings. The Hall–Kier alpha value is -1.49. The monoisotopic (exact) mass is 245 g/mol. The van der Waals surface area contributed by atoms with Crippen molar-refractivity contribution in [1.29, 1.82) is 5.26 Å². The molecule has 1 rings (SSSR count). The maximum absolute atomic E-state index is 8.56. The smallest absolute Gasteiger partial charge is 0.292 e. The van der Waals surface area contributed by atoms with Crippen molar-refractivity contribution < 1.29 is 4.74 Å². The first kappa shape index (κ1) is 14.6. The van der Waals surface area contributed by atoms with Crippen LogP contribution in [0.3, 0.4) is 0 Å². The third-order valence-electron chi connectivity index (χ3n) is 3.18. The van der Waals surface area contributed by atoms with E-state index in [2.05, 4.69) is 6.92 Å². The molecule has 0 saturated carbocycles. The van der Waals surface area contributed by atoms with Crippen molar-refractivity contribution in [3.05, 3.63) is 29.8 Å². The Morgan fingerprint density at radius 2 is 1.67 bits per heavy atom. The minimum atomic E-state index is 0.714. The number of para-hydroxylation sites is 1. The van der Waals surface area contributed by atoms with E-state index in [1.165, 1.54) is 44.9 Å². The molecule has 0 amide bonds. The minimum Gasteiger partial charge on any atom is -0.388 e. The second kappa shape index (κ2) is 9.53. The highest BCUT2D eigenvalue weighted by atomic mass is 16.5. The van der Waals surface area contributed by atoms with Crippen LogP contribution in [0.25, 0.3) is 0 Å². The number of benzene rings is 1.